The number of carbonyl (C=O) groups excluding carboxylic acids is 1. The van der Waals surface area contributed by atoms with Gasteiger partial charge < -0.3 is 16.2 Å². The number of para-hydroxylation sites is 1. The zero-order valence-electron chi connectivity index (χ0n) is 10.6. The van der Waals surface area contributed by atoms with E-state index in [1.807, 2.05) is 19.2 Å². The van der Waals surface area contributed by atoms with Crippen molar-refractivity contribution < 1.29 is 9.90 Å². The molecule has 0 bridgehead atoms. The first-order valence-electron chi connectivity index (χ1n) is 5.93. The summed E-state index contributed by atoms with van der Waals surface area (Å²) < 4.78 is 1.73. The quantitative estimate of drug-likeness (QED) is 0.564. The molecule has 2 rings (SSSR count). The van der Waals surface area contributed by atoms with Gasteiger partial charge in [0.25, 0.3) is 5.91 Å². The third-order valence-corrected chi connectivity index (χ3v) is 2.71. The molecule has 0 aliphatic heterocycles. The van der Waals surface area contributed by atoms with Gasteiger partial charge in [0.2, 0.25) is 0 Å². The molecule has 1 unspecified atom stereocenters. The first-order valence-corrected chi connectivity index (χ1v) is 5.93. The molecule has 4 N–H and O–H groups in total. The second-order valence-corrected chi connectivity index (χ2v) is 4.35. The fourth-order valence-corrected chi connectivity index (χ4v) is 1.78. The minimum atomic E-state index is -0.357. The van der Waals surface area contributed by atoms with Gasteiger partial charge in [-0.2, -0.15) is 5.10 Å². The highest BCUT2D eigenvalue weighted by Gasteiger charge is 2.15. The molecule has 1 atom stereocenters. The molecule has 0 radical (unpaired) electrons. The van der Waals surface area contributed by atoms with Crippen molar-refractivity contribution in [3.05, 3.63) is 42.2 Å². The lowest BCUT2D eigenvalue weighted by atomic mass is 10.1. The molecule has 2 aromatic rings. The summed E-state index contributed by atoms with van der Waals surface area (Å²) in [5.74, 6) is -0.546. The van der Waals surface area contributed by atoms with Gasteiger partial charge in [0, 0.05) is 18.4 Å². The first kappa shape index (κ1) is 12.9. The minimum Gasteiger partial charge on any atom is -0.505 e. The summed E-state index contributed by atoms with van der Waals surface area (Å²) in [4.78, 5) is 12.0. The molecule has 0 fully saturated rings. The van der Waals surface area contributed by atoms with Crippen LogP contribution in [0.4, 0.5) is 5.69 Å². The molecule has 1 heterocycles. The summed E-state index contributed by atoms with van der Waals surface area (Å²) in [5, 5.41) is 16.6. The van der Waals surface area contributed by atoms with Gasteiger partial charge >= 0.3 is 0 Å². The molecular weight excluding hydrogens is 244 g/mol. The molecule has 6 heteroatoms. The number of rotatable bonds is 4. The van der Waals surface area contributed by atoms with Gasteiger partial charge in [-0.25, -0.2) is 0 Å². The number of phenols is 1. The van der Waals surface area contributed by atoms with Crippen molar-refractivity contribution in [2.24, 2.45) is 0 Å². The average Bonchev–Trinajstić information content (AvgIpc) is 2.85. The minimum absolute atomic E-state index is 0.117. The van der Waals surface area contributed by atoms with Crippen LogP contribution in [0, 0.1) is 0 Å². The highest BCUT2D eigenvalue weighted by atomic mass is 16.3. The number of anilines is 1. The van der Waals surface area contributed by atoms with E-state index in [9.17, 15) is 9.90 Å². The highest BCUT2D eigenvalue weighted by Crippen LogP contribution is 2.24. The fourth-order valence-electron chi connectivity index (χ4n) is 1.78. The summed E-state index contributed by atoms with van der Waals surface area (Å²) in [7, 11) is 0. The highest BCUT2D eigenvalue weighted by molar-refractivity contribution is 5.98. The molecule has 1 amide bonds. The van der Waals surface area contributed by atoms with Crippen molar-refractivity contribution in [1.82, 2.24) is 15.1 Å². The van der Waals surface area contributed by atoms with Gasteiger partial charge in [-0.05, 0) is 25.1 Å². The Hall–Kier alpha value is -2.50. The van der Waals surface area contributed by atoms with Gasteiger partial charge in [-0.1, -0.05) is 6.07 Å². The van der Waals surface area contributed by atoms with E-state index < -0.39 is 0 Å². The van der Waals surface area contributed by atoms with Crippen LogP contribution in [0.1, 0.15) is 17.3 Å². The molecule has 6 nitrogen and oxygen atoms in total. The largest absolute Gasteiger partial charge is 0.505 e. The van der Waals surface area contributed by atoms with Crippen molar-refractivity contribution in [2.45, 2.75) is 19.5 Å². The number of carbonyl (C=O) groups is 1. The molecule has 100 valence electrons. The third kappa shape index (κ3) is 3.04. The van der Waals surface area contributed by atoms with Crippen molar-refractivity contribution in [3.63, 3.8) is 0 Å². The molecule has 19 heavy (non-hydrogen) atoms. The number of phenolic OH excluding ortho intramolecular Hbond substituents is 1. The number of nitrogens with two attached hydrogens (primary N) is 1. The van der Waals surface area contributed by atoms with E-state index in [1.165, 1.54) is 6.07 Å². The van der Waals surface area contributed by atoms with Gasteiger partial charge in [-0.15, -0.1) is 0 Å². The molecule has 1 aromatic heterocycles. The van der Waals surface area contributed by atoms with Crippen molar-refractivity contribution >= 4 is 11.6 Å². The summed E-state index contributed by atoms with van der Waals surface area (Å²) in [6, 6.07) is 6.40. The number of aromatic hydroxyl groups is 1. The molecule has 0 saturated carbocycles. The van der Waals surface area contributed by atoms with Crippen LogP contribution in [0.15, 0.2) is 36.7 Å². The van der Waals surface area contributed by atoms with Gasteiger partial charge in [0.15, 0.2) is 5.75 Å². The first-order chi connectivity index (χ1) is 9.08. The Morgan fingerprint density at radius 1 is 1.53 bits per heavy atom. The summed E-state index contributed by atoms with van der Waals surface area (Å²) >= 11 is 0. The van der Waals surface area contributed by atoms with Gasteiger partial charge in [-0.3, -0.25) is 9.48 Å². The number of aromatic nitrogens is 2. The van der Waals surface area contributed by atoms with E-state index in [4.69, 9.17) is 5.73 Å². The lowest BCUT2D eigenvalue weighted by Crippen LogP contribution is -2.35. The molecular formula is C13H16N4O2. The Bertz CT molecular complexity index is 566. The Labute approximate surface area is 110 Å². The van der Waals surface area contributed by atoms with Crippen LogP contribution < -0.4 is 11.1 Å². The van der Waals surface area contributed by atoms with Crippen LogP contribution in [0.2, 0.25) is 0 Å². The Morgan fingerprint density at radius 2 is 2.32 bits per heavy atom. The average molecular weight is 260 g/mol. The van der Waals surface area contributed by atoms with Crippen molar-refractivity contribution in [1.29, 1.82) is 0 Å². The van der Waals surface area contributed by atoms with E-state index in [-0.39, 0.29) is 28.9 Å². The van der Waals surface area contributed by atoms with Crippen LogP contribution in [0.5, 0.6) is 5.75 Å². The zero-order chi connectivity index (χ0) is 13.8. The molecule has 1 aromatic carbocycles. The van der Waals surface area contributed by atoms with Crippen LogP contribution >= 0.6 is 0 Å². The maximum Gasteiger partial charge on any atom is 0.255 e. The Balaban J connectivity index is 2.02. The van der Waals surface area contributed by atoms with Gasteiger partial charge in [0.1, 0.15) is 0 Å². The number of nitrogens with one attached hydrogen (secondary N) is 1. The predicted molar refractivity (Wildman–Crippen MR) is 71.7 cm³/mol. The zero-order valence-corrected chi connectivity index (χ0v) is 10.6. The normalized spacial score (nSPS) is 12.1. The van der Waals surface area contributed by atoms with E-state index >= 15 is 0 Å². The third-order valence-electron chi connectivity index (χ3n) is 2.71. The second kappa shape index (κ2) is 5.43. The lowest BCUT2D eigenvalue weighted by molar-refractivity contribution is 0.0933. The number of hydrogen-bond donors (Lipinski definition) is 3. The number of benzene rings is 1. The molecule has 0 spiro atoms. The maximum absolute atomic E-state index is 12.0. The Kier molecular flexibility index (Phi) is 3.70. The number of nitrogen functional groups attached to an aromatic ring is 1. The number of nitrogens with zero attached hydrogens (tertiary/aromatic N) is 2. The van der Waals surface area contributed by atoms with Crippen LogP contribution in [-0.2, 0) is 6.54 Å². The predicted octanol–water partition coefficient (Wildman–Crippen LogP) is 0.989. The molecule has 0 aliphatic rings. The van der Waals surface area contributed by atoms with E-state index in [0.717, 1.165) is 0 Å². The van der Waals surface area contributed by atoms with Crippen LogP contribution in [0.25, 0.3) is 0 Å². The molecule has 0 saturated heterocycles. The smallest absolute Gasteiger partial charge is 0.255 e. The Morgan fingerprint density at radius 3 is 3.00 bits per heavy atom. The summed E-state index contributed by atoms with van der Waals surface area (Å²) in [6.45, 7) is 2.42. The van der Waals surface area contributed by atoms with E-state index in [2.05, 4.69) is 10.4 Å². The lowest BCUT2D eigenvalue weighted by Gasteiger charge is -2.15. The van der Waals surface area contributed by atoms with Crippen LogP contribution in [0.3, 0.4) is 0 Å². The maximum atomic E-state index is 12.0. The standard InChI is InChI=1S/C13H16N4O2/c1-9(8-17-7-3-6-15-17)16-13(19)10-4-2-5-11(14)12(10)18/h2-7,9,18H,8,14H2,1H3,(H,16,19). The number of amides is 1. The fraction of sp³-hybridized carbons (Fsp3) is 0.231. The van der Waals surface area contributed by atoms with Crippen LogP contribution in [-0.4, -0.2) is 26.8 Å². The summed E-state index contributed by atoms with van der Waals surface area (Å²) in [5.41, 5.74) is 5.92. The van der Waals surface area contributed by atoms with Gasteiger partial charge in [0.05, 0.1) is 17.8 Å². The number of hydrogen-bond acceptors (Lipinski definition) is 4. The SMILES string of the molecule is CC(Cn1cccn1)NC(=O)c1cccc(N)c1O. The monoisotopic (exact) mass is 260 g/mol. The second-order valence-electron chi connectivity index (χ2n) is 4.35. The van der Waals surface area contributed by atoms with Crippen molar-refractivity contribution in [3.8, 4) is 5.75 Å². The summed E-state index contributed by atoms with van der Waals surface area (Å²) in [6.07, 6.45) is 3.50. The van der Waals surface area contributed by atoms with Crippen molar-refractivity contribution in [2.75, 3.05) is 5.73 Å². The van der Waals surface area contributed by atoms with E-state index in [1.54, 1.807) is 23.0 Å². The topological polar surface area (TPSA) is 93.2 Å². The van der Waals surface area contributed by atoms with E-state index in [0.29, 0.717) is 6.54 Å². The molecule has 0 aliphatic carbocycles.